The first kappa shape index (κ1) is 15.3. The molecule has 0 aliphatic carbocycles. The number of benzene rings is 1. The van der Waals surface area contributed by atoms with Gasteiger partial charge in [0.2, 0.25) is 6.41 Å². The fraction of sp³-hybridized carbons (Fsp3) is 0.353. The van der Waals surface area contributed by atoms with Crippen LogP contribution in [0, 0.1) is 13.8 Å². The van der Waals surface area contributed by atoms with E-state index >= 15 is 0 Å². The third kappa shape index (κ3) is 3.59. The van der Waals surface area contributed by atoms with Gasteiger partial charge in [-0.25, -0.2) is 9.97 Å². The molecule has 1 fully saturated rings. The standard InChI is InChI=1S/C17H21N5O/c1-13-3-4-15(9-14(13)2)20-16-10-17(19-11-18-16)22-7-5-21(12-23)6-8-22/h3-4,9-12H,5-8H2,1-2H3,(H,18,19,20). The number of nitrogens with zero attached hydrogens (tertiary/aromatic N) is 4. The third-order valence-electron chi connectivity index (χ3n) is 4.22. The molecule has 23 heavy (non-hydrogen) atoms. The molecule has 0 radical (unpaired) electrons. The average molecular weight is 311 g/mol. The fourth-order valence-corrected chi connectivity index (χ4v) is 2.61. The van der Waals surface area contributed by atoms with E-state index in [4.69, 9.17) is 0 Å². The number of hydrogen-bond acceptors (Lipinski definition) is 5. The van der Waals surface area contributed by atoms with Crippen molar-refractivity contribution in [2.24, 2.45) is 0 Å². The minimum atomic E-state index is 0.730. The summed E-state index contributed by atoms with van der Waals surface area (Å²) in [6.45, 7) is 7.23. The van der Waals surface area contributed by atoms with Gasteiger partial charge in [0.1, 0.15) is 18.0 Å². The fourth-order valence-electron chi connectivity index (χ4n) is 2.61. The van der Waals surface area contributed by atoms with Crippen LogP contribution >= 0.6 is 0 Å². The predicted octanol–water partition coefficient (Wildman–Crippen LogP) is 2.12. The Morgan fingerprint density at radius 1 is 1.04 bits per heavy atom. The van der Waals surface area contributed by atoms with Crippen LogP contribution in [0.1, 0.15) is 11.1 Å². The molecule has 0 spiro atoms. The molecule has 1 N–H and O–H groups in total. The van der Waals surface area contributed by atoms with Gasteiger partial charge in [0.05, 0.1) is 0 Å². The second-order valence-electron chi connectivity index (χ2n) is 5.81. The first-order valence-corrected chi connectivity index (χ1v) is 7.76. The van der Waals surface area contributed by atoms with Crippen LogP contribution in [0.2, 0.25) is 0 Å². The molecule has 0 saturated carbocycles. The van der Waals surface area contributed by atoms with Gasteiger partial charge in [-0.2, -0.15) is 0 Å². The number of rotatable bonds is 4. The molecule has 1 amide bonds. The normalized spacial score (nSPS) is 14.7. The molecule has 0 bridgehead atoms. The Hall–Kier alpha value is -2.63. The van der Waals surface area contributed by atoms with E-state index in [1.165, 1.54) is 11.1 Å². The molecule has 3 rings (SSSR count). The highest BCUT2D eigenvalue weighted by atomic mass is 16.1. The molecular formula is C17H21N5O. The number of aromatic nitrogens is 2. The lowest BCUT2D eigenvalue weighted by Crippen LogP contribution is -2.46. The van der Waals surface area contributed by atoms with Crippen molar-refractivity contribution in [1.29, 1.82) is 0 Å². The first-order valence-electron chi connectivity index (χ1n) is 7.76. The monoisotopic (exact) mass is 311 g/mol. The van der Waals surface area contributed by atoms with Gasteiger partial charge in [-0.05, 0) is 37.1 Å². The topological polar surface area (TPSA) is 61.4 Å². The number of anilines is 3. The first-order chi connectivity index (χ1) is 11.2. The van der Waals surface area contributed by atoms with E-state index in [2.05, 4.69) is 46.2 Å². The Balaban J connectivity index is 1.72. The molecule has 6 nitrogen and oxygen atoms in total. The lowest BCUT2D eigenvalue weighted by Gasteiger charge is -2.33. The number of hydrogen-bond donors (Lipinski definition) is 1. The summed E-state index contributed by atoms with van der Waals surface area (Å²) in [5.74, 6) is 1.66. The smallest absolute Gasteiger partial charge is 0.209 e. The van der Waals surface area contributed by atoms with E-state index in [-0.39, 0.29) is 0 Å². The summed E-state index contributed by atoms with van der Waals surface area (Å²) in [6, 6.07) is 8.21. The van der Waals surface area contributed by atoms with Gasteiger partial charge in [0.25, 0.3) is 0 Å². The largest absolute Gasteiger partial charge is 0.353 e. The second kappa shape index (κ2) is 6.64. The summed E-state index contributed by atoms with van der Waals surface area (Å²) >= 11 is 0. The quantitative estimate of drug-likeness (QED) is 0.876. The van der Waals surface area contributed by atoms with Crippen LogP contribution in [0.25, 0.3) is 0 Å². The van der Waals surface area contributed by atoms with Gasteiger partial charge < -0.3 is 15.1 Å². The van der Waals surface area contributed by atoms with Gasteiger partial charge in [0, 0.05) is 37.9 Å². The molecule has 6 heteroatoms. The van der Waals surface area contributed by atoms with Crippen LogP contribution in [-0.2, 0) is 4.79 Å². The molecule has 1 aromatic heterocycles. The highest BCUT2D eigenvalue weighted by Gasteiger charge is 2.17. The van der Waals surface area contributed by atoms with Crippen LogP contribution in [0.15, 0.2) is 30.6 Å². The number of aryl methyl sites for hydroxylation is 2. The molecular weight excluding hydrogens is 290 g/mol. The maximum Gasteiger partial charge on any atom is 0.209 e. The zero-order valence-corrected chi connectivity index (χ0v) is 13.5. The van der Waals surface area contributed by atoms with E-state index in [9.17, 15) is 4.79 Å². The molecule has 2 aromatic rings. The van der Waals surface area contributed by atoms with Gasteiger partial charge in [0.15, 0.2) is 0 Å². The van der Waals surface area contributed by atoms with Crippen LogP contribution in [-0.4, -0.2) is 47.5 Å². The van der Waals surface area contributed by atoms with E-state index in [0.717, 1.165) is 49.9 Å². The summed E-state index contributed by atoms with van der Waals surface area (Å²) < 4.78 is 0. The lowest BCUT2D eigenvalue weighted by atomic mass is 10.1. The average Bonchev–Trinajstić information content (AvgIpc) is 2.58. The summed E-state index contributed by atoms with van der Waals surface area (Å²) in [4.78, 5) is 23.4. The van der Waals surface area contributed by atoms with Gasteiger partial charge in [-0.15, -0.1) is 0 Å². The number of nitrogens with one attached hydrogen (secondary N) is 1. The minimum Gasteiger partial charge on any atom is -0.353 e. The van der Waals surface area contributed by atoms with Crippen molar-refractivity contribution in [3.8, 4) is 0 Å². The Bertz CT molecular complexity index is 695. The van der Waals surface area contributed by atoms with E-state index in [0.29, 0.717) is 0 Å². The second-order valence-corrected chi connectivity index (χ2v) is 5.81. The zero-order valence-electron chi connectivity index (χ0n) is 13.5. The molecule has 1 aliphatic rings. The van der Waals surface area contributed by atoms with E-state index in [1.54, 1.807) is 11.2 Å². The van der Waals surface area contributed by atoms with E-state index in [1.807, 2.05) is 12.1 Å². The van der Waals surface area contributed by atoms with Crippen LogP contribution in [0.3, 0.4) is 0 Å². The van der Waals surface area contributed by atoms with Crippen molar-refractivity contribution in [1.82, 2.24) is 14.9 Å². The summed E-state index contributed by atoms with van der Waals surface area (Å²) in [6.07, 6.45) is 2.48. The highest BCUT2D eigenvalue weighted by Crippen LogP contribution is 2.21. The molecule has 0 unspecified atom stereocenters. The van der Waals surface area contributed by atoms with Crippen molar-refractivity contribution >= 4 is 23.7 Å². The van der Waals surface area contributed by atoms with Crippen molar-refractivity contribution < 1.29 is 4.79 Å². The van der Waals surface area contributed by atoms with Gasteiger partial charge >= 0.3 is 0 Å². The Morgan fingerprint density at radius 3 is 2.52 bits per heavy atom. The summed E-state index contributed by atoms with van der Waals surface area (Å²) in [5.41, 5.74) is 3.53. The van der Waals surface area contributed by atoms with Crippen molar-refractivity contribution in [3.63, 3.8) is 0 Å². The minimum absolute atomic E-state index is 0.730. The van der Waals surface area contributed by atoms with Crippen LogP contribution in [0.4, 0.5) is 17.3 Å². The van der Waals surface area contributed by atoms with Crippen molar-refractivity contribution in [2.45, 2.75) is 13.8 Å². The molecule has 1 saturated heterocycles. The molecule has 0 atom stereocenters. The zero-order chi connectivity index (χ0) is 16.2. The molecule has 1 aliphatic heterocycles. The number of carbonyl (C=O) groups is 1. The molecule has 1 aromatic carbocycles. The SMILES string of the molecule is Cc1ccc(Nc2cc(N3CCN(C=O)CC3)ncn2)cc1C. The number of carbonyl (C=O) groups excluding carboxylic acids is 1. The maximum absolute atomic E-state index is 10.8. The van der Waals surface area contributed by atoms with Crippen LogP contribution in [0.5, 0.6) is 0 Å². The summed E-state index contributed by atoms with van der Waals surface area (Å²) in [5, 5.41) is 3.33. The maximum atomic E-state index is 10.8. The van der Waals surface area contributed by atoms with Gasteiger partial charge in [-0.3, -0.25) is 4.79 Å². The summed E-state index contributed by atoms with van der Waals surface area (Å²) in [7, 11) is 0. The van der Waals surface area contributed by atoms with E-state index < -0.39 is 0 Å². The van der Waals surface area contributed by atoms with Gasteiger partial charge in [-0.1, -0.05) is 6.07 Å². The number of piperazine rings is 1. The predicted molar refractivity (Wildman–Crippen MR) is 91.1 cm³/mol. The highest BCUT2D eigenvalue weighted by molar-refractivity contribution is 5.61. The molecule has 120 valence electrons. The Labute approximate surface area is 136 Å². The number of amides is 1. The Morgan fingerprint density at radius 2 is 1.83 bits per heavy atom. The Kier molecular flexibility index (Phi) is 4.41. The molecule has 2 heterocycles. The van der Waals surface area contributed by atoms with Crippen LogP contribution < -0.4 is 10.2 Å². The van der Waals surface area contributed by atoms with Crippen molar-refractivity contribution in [2.75, 3.05) is 36.4 Å². The lowest BCUT2D eigenvalue weighted by molar-refractivity contribution is -0.118. The van der Waals surface area contributed by atoms with Crippen molar-refractivity contribution in [3.05, 3.63) is 41.7 Å². The third-order valence-corrected chi connectivity index (χ3v) is 4.22.